The Kier molecular flexibility index (Phi) is 2.07. The third kappa shape index (κ3) is 1.32. The van der Waals surface area contributed by atoms with Crippen LogP contribution in [0.1, 0.15) is 25.3 Å². The highest BCUT2D eigenvalue weighted by Crippen LogP contribution is 2.18. The minimum absolute atomic E-state index is 0.188. The Hall–Kier alpha value is -1.29. The van der Waals surface area contributed by atoms with Gasteiger partial charge in [0, 0.05) is 17.8 Å². The SMILES string of the molecule is CC(C)c1c[nH]n2c(=O)cc(Cl)nc12. The van der Waals surface area contributed by atoms with Crippen molar-refractivity contribution in [3.63, 3.8) is 0 Å². The molecule has 0 atom stereocenters. The molecule has 0 unspecified atom stereocenters. The van der Waals surface area contributed by atoms with E-state index in [2.05, 4.69) is 10.1 Å². The van der Waals surface area contributed by atoms with Crippen LogP contribution in [0.4, 0.5) is 0 Å². The highest BCUT2D eigenvalue weighted by atomic mass is 35.5. The van der Waals surface area contributed by atoms with E-state index < -0.39 is 0 Å². The van der Waals surface area contributed by atoms with Crippen molar-refractivity contribution >= 4 is 17.2 Å². The Bertz CT molecular complexity index is 526. The summed E-state index contributed by atoms with van der Waals surface area (Å²) in [4.78, 5) is 15.6. The van der Waals surface area contributed by atoms with E-state index in [0.717, 1.165) is 5.56 Å². The zero-order chi connectivity index (χ0) is 10.3. The monoisotopic (exact) mass is 211 g/mol. The molecule has 2 rings (SSSR count). The number of nitrogens with one attached hydrogen (secondary N) is 1. The lowest BCUT2D eigenvalue weighted by molar-refractivity contribution is 0.870. The molecule has 0 spiro atoms. The van der Waals surface area contributed by atoms with Crippen LogP contribution in [0.3, 0.4) is 0 Å². The van der Waals surface area contributed by atoms with E-state index in [0.29, 0.717) is 11.6 Å². The van der Waals surface area contributed by atoms with Crippen LogP contribution < -0.4 is 5.56 Å². The van der Waals surface area contributed by atoms with Gasteiger partial charge in [0.15, 0.2) is 5.65 Å². The Morgan fingerprint density at radius 1 is 1.57 bits per heavy atom. The molecule has 0 fully saturated rings. The fraction of sp³-hybridized carbons (Fsp3) is 0.333. The summed E-state index contributed by atoms with van der Waals surface area (Å²) in [6, 6.07) is 1.29. The van der Waals surface area contributed by atoms with Crippen LogP contribution in [-0.4, -0.2) is 14.6 Å². The molecule has 2 aromatic rings. The summed E-state index contributed by atoms with van der Waals surface area (Å²) in [5.74, 6) is 0.307. The number of rotatable bonds is 1. The number of fused-ring (bicyclic) bond motifs is 1. The molecule has 5 heteroatoms. The van der Waals surface area contributed by atoms with Crippen LogP contribution in [0, 0.1) is 0 Å². The summed E-state index contributed by atoms with van der Waals surface area (Å²) in [5.41, 5.74) is 1.41. The van der Waals surface area contributed by atoms with Gasteiger partial charge < -0.3 is 0 Å². The van der Waals surface area contributed by atoms with E-state index in [4.69, 9.17) is 11.6 Å². The fourth-order valence-corrected chi connectivity index (χ4v) is 1.57. The minimum atomic E-state index is -0.188. The van der Waals surface area contributed by atoms with Crippen molar-refractivity contribution in [3.8, 4) is 0 Å². The molecule has 0 saturated heterocycles. The Balaban J connectivity index is 2.85. The number of nitrogens with zero attached hydrogens (tertiary/aromatic N) is 2. The summed E-state index contributed by atoms with van der Waals surface area (Å²) < 4.78 is 1.39. The molecule has 74 valence electrons. The maximum absolute atomic E-state index is 11.4. The number of aromatic nitrogens is 3. The second-order valence-electron chi connectivity index (χ2n) is 3.46. The van der Waals surface area contributed by atoms with Gasteiger partial charge in [-0.3, -0.25) is 9.89 Å². The summed E-state index contributed by atoms with van der Waals surface area (Å²) in [6.07, 6.45) is 1.78. The normalized spacial score (nSPS) is 11.4. The van der Waals surface area contributed by atoms with E-state index in [1.54, 1.807) is 6.20 Å². The first-order valence-corrected chi connectivity index (χ1v) is 4.74. The molecule has 14 heavy (non-hydrogen) atoms. The lowest BCUT2D eigenvalue weighted by Crippen LogP contribution is -2.13. The van der Waals surface area contributed by atoms with Gasteiger partial charge in [-0.1, -0.05) is 25.4 Å². The minimum Gasteiger partial charge on any atom is -0.297 e. The average molecular weight is 212 g/mol. The molecule has 2 aromatic heterocycles. The summed E-state index contributed by atoms with van der Waals surface area (Å²) in [7, 11) is 0. The van der Waals surface area contributed by atoms with Gasteiger partial charge in [0.2, 0.25) is 0 Å². The molecule has 0 amide bonds. The largest absolute Gasteiger partial charge is 0.297 e. The highest BCUT2D eigenvalue weighted by molar-refractivity contribution is 6.29. The lowest BCUT2D eigenvalue weighted by Gasteiger charge is -2.00. The van der Waals surface area contributed by atoms with Gasteiger partial charge in [0.05, 0.1) is 0 Å². The number of halogens is 1. The van der Waals surface area contributed by atoms with Gasteiger partial charge in [-0.15, -0.1) is 0 Å². The first-order valence-electron chi connectivity index (χ1n) is 4.36. The topological polar surface area (TPSA) is 50.2 Å². The van der Waals surface area contributed by atoms with Gasteiger partial charge in [0.1, 0.15) is 5.15 Å². The number of hydrogen-bond acceptors (Lipinski definition) is 2. The van der Waals surface area contributed by atoms with E-state index in [-0.39, 0.29) is 10.7 Å². The Morgan fingerprint density at radius 3 is 2.93 bits per heavy atom. The molecule has 4 nitrogen and oxygen atoms in total. The third-order valence-corrected chi connectivity index (χ3v) is 2.31. The van der Waals surface area contributed by atoms with Gasteiger partial charge in [0.25, 0.3) is 5.56 Å². The molecule has 0 saturated carbocycles. The average Bonchev–Trinajstić information content (AvgIpc) is 2.47. The predicted octanol–water partition coefficient (Wildman–Crippen LogP) is 1.80. The summed E-state index contributed by atoms with van der Waals surface area (Å²) in [5, 5.41) is 3.08. The molecule has 2 heterocycles. The molecule has 0 aromatic carbocycles. The molecule has 0 aliphatic carbocycles. The van der Waals surface area contributed by atoms with Crippen molar-refractivity contribution in [1.29, 1.82) is 0 Å². The molecule has 1 N–H and O–H groups in total. The number of H-pyrrole nitrogens is 1. The van der Waals surface area contributed by atoms with Gasteiger partial charge in [-0.2, -0.15) is 0 Å². The second-order valence-corrected chi connectivity index (χ2v) is 3.85. The van der Waals surface area contributed by atoms with E-state index in [9.17, 15) is 4.79 Å². The molecular weight excluding hydrogens is 202 g/mol. The fourth-order valence-electron chi connectivity index (χ4n) is 1.40. The second kappa shape index (κ2) is 3.13. The van der Waals surface area contributed by atoms with Crippen molar-refractivity contribution < 1.29 is 0 Å². The van der Waals surface area contributed by atoms with Crippen LogP contribution >= 0.6 is 11.6 Å². The molecule has 0 aliphatic rings. The van der Waals surface area contributed by atoms with Gasteiger partial charge in [-0.05, 0) is 5.92 Å². The Morgan fingerprint density at radius 2 is 2.29 bits per heavy atom. The maximum Gasteiger partial charge on any atom is 0.274 e. The molecule has 0 bridgehead atoms. The zero-order valence-electron chi connectivity index (χ0n) is 7.91. The predicted molar refractivity (Wildman–Crippen MR) is 54.9 cm³/mol. The molecule has 0 radical (unpaired) electrons. The van der Waals surface area contributed by atoms with Gasteiger partial charge >= 0.3 is 0 Å². The third-order valence-electron chi connectivity index (χ3n) is 2.12. The standard InChI is InChI=1S/C9H10ClN3O/c1-5(2)6-4-11-13-8(14)3-7(10)12-9(6)13/h3-5,11H,1-2H3. The van der Waals surface area contributed by atoms with Crippen LogP contribution in [0.15, 0.2) is 17.1 Å². The highest BCUT2D eigenvalue weighted by Gasteiger charge is 2.10. The van der Waals surface area contributed by atoms with Crippen molar-refractivity contribution in [2.75, 3.05) is 0 Å². The van der Waals surface area contributed by atoms with Crippen molar-refractivity contribution in [2.45, 2.75) is 19.8 Å². The van der Waals surface area contributed by atoms with E-state index in [1.165, 1.54) is 10.6 Å². The molecule has 0 aliphatic heterocycles. The van der Waals surface area contributed by atoms with E-state index in [1.807, 2.05) is 13.8 Å². The van der Waals surface area contributed by atoms with Crippen LogP contribution in [0.5, 0.6) is 0 Å². The number of aromatic amines is 1. The van der Waals surface area contributed by atoms with Crippen molar-refractivity contribution in [3.05, 3.63) is 33.3 Å². The summed E-state index contributed by atoms with van der Waals surface area (Å²) >= 11 is 5.72. The maximum atomic E-state index is 11.4. The van der Waals surface area contributed by atoms with E-state index >= 15 is 0 Å². The first-order chi connectivity index (χ1) is 6.59. The van der Waals surface area contributed by atoms with Crippen LogP contribution in [0.2, 0.25) is 5.15 Å². The van der Waals surface area contributed by atoms with Crippen LogP contribution in [0.25, 0.3) is 5.65 Å². The summed E-state index contributed by atoms with van der Waals surface area (Å²) in [6.45, 7) is 4.08. The van der Waals surface area contributed by atoms with Crippen LogP contribution in [-0.2, 0) is 0 Å². The van der Waals surface area contributed by atoms with Crippen molar-refractivity contribution in [1.82, 2.24) is 14.6 Å². The zero-order valence-corrected chi connectivity index (χ0v) is 8.67. The number of hydrogen-bond donors (Lipinski definition) is 1. The quantitative estimate of drug-likeness (QED) is 0.732. The Labute approximate surface area is 85.5 Å². The van der Waals surface area contributed by atoms with Crippen molar-refractivity contribution in [2.24, 2.45) is 0 Å². The first kappa shape index (κ1) is 9.27. The molecular formula is C9H10ClN3O. The lowest BCUT2D eigenvalue weighted by atomic mass is 10.1. The smallest absolute Gasteiger partial charge is 0.274 e. The van der Waals surface area contributed by atoms with Gasteiger partial charge in [-0.25, -0.2) is 9.50 Å².